The van der Waals surface area contributed by atoms with E-state index in [1.807, 2.05) is 18.2 Å². The Labute approximate surface area is 137 Å². The molecule has 1 heterocycles. The molecule has 3 rings (SSSR count). The van der Waals surface area contributed by atoms with Gasteiger partial charge in [-0.25, -0.2) is 4.79 Å². The Balaban J connectivity index is 1.41. The van der Waals surface area contributed by atoms with E-state index in [-0.39, 0.29) is 12.8 Å². The minimum atomic E-state index is -0.0583. The molecule has 0 radical (unpaired) electrons. The van der Waals surface area contributed by atoms with E-state index >= 15 is 0 Å². The van der Waals surface area contributed by atoms with Crippen molar-refractivity contribution >= 4 is 6.03 Å². The second kappa shape index (κ2) is 7.11. The van der Waals surface area contributed by atoms with Crippen molar-refractivity contribution < 1.29 is 14.3 Å². The first-order chi connectivity index (χ1) is 11.1. The van der Waals surface area contributed by atoms with Crippen molar-refractivity contribution in [3.05, 3.63) is 23.8 Å². The Morgan fingerprint density at radius 3 is 2.65 bits per heavy atom. The second-order valence-corrected chi connectivity index (χ2v) is 6.95. The summed E-state index contributed by atoms with van der Waals surface area (Å²) in [7, 11) is 0. The van der Waals surface area contributed by atoms with Gasteiger partial charge in [0.25, 0.3) is 0 Å². The molecule has 2 N–H and O–H groups in total. The topological polar surface area (TPSA) is 59.6 Å². The predicted octanol–water partition coefficient (Wildman–Crippen LogP) is 3.08. The molecule has 2 aliphatic rings. The van der Waals surface area contributed by atoms with Gasteiger partial charge >= 0.3 is 6.03 Å². The molecule has 0 spiro atoms. The number of nitrogens with one attached hydrogen (secondary N) is 2. The van der Waals surface area contributed by atoms with E-state index in [9.17, 15) is 4.79 Å². The highest BCUT2D eigenvalue weighted by molar-refractivity contribution is 5.74. The molecule has 1 fully saturated rings. The molecule has 1 aromatic rings. The van der Waals surface area contributed by atoms with Crippen molar-refractivity contribution in [3.8, 4) is 11.5 Å². The van der Waals surface area contributed by atoms with Gasteiger partial charge in [0.1, 0.15) is 0 Å². The lowest BCUT2D eigenvalue weighted by atomic mass is 9.80. The number of rotatable bonds is 4. The minimum absolute atomic E-state index is 0.0583. The Bertz CT molecular complexity index is 551. The maximum absolute atomic E-state index is 12.0. The first kappa shape index (κ1) is 16.0. The molecule has 0 saturated heterocycles. The van der Waals surface area contributed by atoms with Gasteiger partial charge in [-0.15, -0.1) is 0 Å². The molecule has 23 heavy (non-hydrogen) atoms. The molecular formula is C18H26N2O3. The van der Waals surface area contributed by atoms with Crippen molar-refractivity contribution in [2.24, 2.45) is 11.8 Å². The molecule has 2 unspecified atom stereocenters. The van der Waals surface area contributed by atoms with E-state index in [0.29, 0.717) is 24.4 Å². The van der Waals surface area contributed by atoms with Crippen LogP contribution < -0.4 is 20.1 Å². The summed E-state index contributed by atoms with van der Waals surface area (Å²) in [5.74, 6) is 2.97. The average molecular weight is 318 g/mol. The highest BCUT2D eigenvalue weighted by Gasteiger charge is 2.24. The molecular weight excluding hydrogens is 292 g/mol. The van der Waals surface area contributed by atoms with Crippen molar-refractivity contribution in [2.75, 3.05) is 13.3 Å². The molecule has 0 bridgehead atoms. The van der Waals surface area contributed by atoms with Gasteiger partial charge in [-0.1, -0.05) is 19.9 Å². The molecule has 5 heteroatoms. The van der Waals surface area contributed by atoms with Crippen LogP contribution in [0.4, 0.5) is 4.79 Å². The number of fused-ring (bicyclic) bond motifs is 1. The van der Waals surface area contributed by atoms with Crippen LogP contribution in [0.25, 0.3) is 0 Å². The summed E-state index contributed by atoms with van der Waals surface area (Å²) in [5, 5.41) is 6.07. The first-order valence-electron chi connectivity index (χ1n) is 8.53. The number of carbonyl (C=O) groups is 1. The molecule has 1 aromatic carbocycles. The van der Waals surface area contributed by atoms with Crippen LogP contribution in [0.15, 0.2) is 18.2 Å². The van der Waals surface area contributed by atoms with E-state index in [0.717, 1.165) is 36.3 Å². The third kappa shape index (κ3) is 4.30. The minimum Gasteiger partial charge on any atom is -0.454 e. The van der Waals surface area contributed by atoms with Gasteiger partial charge < -0.3 is 20.1 Å². The quantitative estimate of drug-likeness (QED) is 0.897. The molecule has 5 nitrogen and oxygen atoms in total. The molecule has 126 valence electrons. The fourth-order valence-corrected chi connectivity index (χ4v) is 3.72. The van der Waals surface area contributed by atoms with Crippen LogP contribution in [0.5, 0.6) is 11.5 Å². The van der Waals surface area contributed by atoms with Crippen LogP contribution >= 0.6 is 0 Å². The molecule has 1 aliphatic heterocycles. The summed E-state index contributed by atoms with van der Waals surface area (Å²) >= 11 is 0. The van der Waals surface area contributed by atoms with Gasteiger partial charge in [0.2, 0.25) is 6.79 Å². The number of ether oxygens (including phenoxy) is 2. The van der Waals surface area contributed by atoms with Gasteiger partial charge in [-0.3, -0.25) is 0 Å². The third-order valence-electron chi connectivity index (χ3n) is 4.65. The van der Waals surface area contributed by atoms with Crippen molar-refractivity contribution in [1.29, 1.82) is 0 Å². The number of carbonyl (C=O) groups excluding carboxylic acids is 1. The van der Waals surface area contributed by atoms with Gasteiger partial charge in [0, 0.05) is 12.6 Å². The zero-order valence-corrected chi connectivity index (χ0v) is 13.9. The number of hydrogen-bond acceptors (Lipinski definition) is 3. The highest BCUT2D eigenvalue weighted by Crippen LogP contribution is 2.32. The van der Waals surface area contributed by atoms with Crippen molar-refractivity contribution in [2.45, 2.75) is 45.6 Å². The zero-order valence-electron chi connectivity index (χ0n) is 13.9. The summed E-state index contributed by atoms with van der Waals surface area (Å²) in [5.41, 5.74) is 1.13. The van der Waals surface area contributed by atoms with Gasteiger partial charge in [0.15, 0.2) is 11.5 Å². The lowest BCUT2D eigenvalue weighted by molar-refractivity contribution is 0.174. The number of benzene rings is 1. The monoisotopic (exact) mass is 318 g/mol. The molecule has 1 saturated carbocycles. The summed E-state index contributed by atoms with van der Waals surface area (Å²) < 4.78 is 10.7. The number of amides is 2. The van der Waals surface area contributed by atoms with E-state index in [4.69, 9.17) is 9.47 Å². The Morgan fingerprint density at radius 1 is 1.13 bits per heavy atom. The first-order valence-corrected chi connectivity index (χ1v) is 8.53. The lowest BCUT2D eigenvalue weighted by Gasteiger charge is -2.31. The van der Waals surface area contributed by atoms with Crippen LogP contribution in [0.2, 0.25) is 0 Å². The molecule has 1 aliphatic carbocycles. The summed E-state index contributed by atoms with van der Waals surface area (Å²) in [4.78, 5) is 12.0. The maximum Gasteiger partial charge on any atom is 0.315 e. The normalized spacial score (nSPS) is 25.9. The number of hydrogen-bond donors (Lipinski definition) is 2. The van der Waals surface area contributed by atoms with Gasteiger partial charge in [-0.05, 0) is 55.2 Å². The fraction of sp³-hybridized carbons (Fsp3) is 0.611. The predicted molar refractivity (Wildman–Crippen MR) is 88.8 cm³/mol. The third-order valence-corrected chi connectivity index (χ3v) is 4.65. The van der Waals surface area contributed by atoms with Crippen LogP contribution in [0.3, 0.4) is 0 Å². The average Bonchev–Trinajstić information content (AvgIpc) is 2.93. The van der Waals surface area contributed by atoms with Gasteiger partial charge in [0.05, 0.1) is 0 Å². The van der Waals surface area contributed by atoms with E-state index in [2.05, 4.69) is 24.5 Å². The molecule has 2 amide bonds. The van der Waals surface area contributed by atoms with E-state index < -0.39 is 0 Å². The summed E-state index contributed by atoms with van der Waals surface area (Å²) in [6.07, 6.45) is 4.21. The molecule has 2 atom stereocenters. The van der Waals surface area contributed by atoms with Gasteiger partial charge in [-0.2, -0.15) is 0 Å². The van der Waals surface area contributed by atoms with Crippen LogP contribution in [-0.2, 0) is 6.42 Å². The summed E-state index contributed by atoms with van der Waals surface area (Å²) in [6.45, 7) is 5.44. The Kier molecular flexibility index (Phi) is 4.94. The van der Waals surface area contributed by atoms with Crippen LogP contribution in [-0.4, -0.2) is 25.4 Å². The SMILES string of the molecule is CC1CC(C)CC(NC(=O)NCCc2ccc3c(c2)OCO3)C1. The van der Waals surface area contributed by atoms with Crippen molar-refractivity contribution in [3.63, 3.8) is 0 Å². The second-order valence-electron chi connectivity index (χ2n) is 6.95. The van der Waals surface area contributed by atoms with E-state index in [1.165, 1.54) is 6.42 Å². The molecule has 0 aromatic heterocycles. The van der Waals surface area contributed by atoms with Crippen molar-refractivity contribution in [1.82, 2.24) is 10.6 Å². The maximum atomic E-state index is 12.0. The largest absolute Gasteiger partial charge is 0.454 e. The smallest absolute Gasteiger partial charge is 0.315 e. The number of urea groups is 1. The summed E-state index contributed by atoms with van der Waals surface area (Å²) in [6, 6.07) is 6.16. The zero-order chi connectivity index (χ0) is 16.2. The Hall–Kier alpha value is -1.91. The van der Waals surface area contributed by atoms with E-state index in [1.54, 1.807) is 0 Å². The Morgan fingerprint density at radius 2 is 1.87 bits per heavy atom. The lowest BCUT2D eigenvalue weighted by Crippen LogP contribution is -2.45. The van der Waals surface area contributed by atoms with Crippen LogP contribution in [0.1, 0.15) is 38.7 Å². The fourth-order valence-electron chi connectivity index (χ4n) is 3.72. The van der Waals surface area contributed by atoms with Crippen LogP contribution in [0, 0.1) is 11.8 Å². The highest BCUT2D eigenvalue weighted by atomic mass is 16.7. The standard InChI is InChI=1S/C18H26N2O3/c1-12-7-13(2)9-15(8-12)20-18(21)19-6-5-14-3-4-16-17(10-14)23-11-22-16/h3-4,10,12-13,15H,5-9,11H2,1-2H3,(H2,19,20,21).